The molecule has 4 atom stereocenters. The minimum absolute atomic E-state index is 0.0226. The first-order valence-corrected chi connectivity index (χ1v) is 11.8. The Kier molecular flexibility index (Phi) is 6.89. The average molecular weight is 476 g/mol. The van der Waals surface area contributed by atoms with Crippen molar-refractivity contribution < 1.29 is 27.9 Å². The molecule has 0 amide bonds. The lowest BCUT2D eigenvalue weighted by Crippen LogP contribution is -2.35. The number of nitrogens with one attached hydrogen (secondary N) is 1. The molecule has 1 aromatic carbocycles. The molecule has 0 bridgehead atoms. The number of hydrogen-bond acceptors (Lipinski definition) is 10. The number of para-hydroxylation sites is 1. The second-order valence-corrected chi connectivity index (χ2v) is 9.19. The van der Waals surface area contributed by atoms with E-state index in [1.165, 1.54) is 20.4 Å². The number of ether oxygens (including phenoxy) is 2. The molecule has 3 heterocycles. The minimum Gasteiger partial charge on any atom is -0.468 e. The maximum Gasteiger partial charge on any atom is 0.459 e. The molecule has 12 nitrogen and oxygen atoms in total. The number of carbonyl (C=O) groups is 1. The molecule has 0 saturated carbocycles. The third-order valence-electron chi connectivity index (χ3n) is 5.15. The Labute approximate surface area is 190 Å². The Morgan fingerprint density at radius 1 is 1.33 bits per heavy atom. The fraction of sp³-hybridized carbons (Fsp3) is 0.400. The molecule has 1 aliphatic rings. The van der Waals surface area contributed by atoms with Crippen LogP contribution in [0.3, 0.4) is 0 Å². The van der Waals surface area contributed by atoms with Gasteiger partial charge in [0, 0.05) is 0 Å². The van der Waals surface area contributed by atoms with E-state index in [2.05, 4.69) is 20.0 Å². The highest BCUT2D eigenvalue weighted by atomic mass is 31.2. The number of nitrogens with zero attached hydrogens (tertiary/aromatic N) is 4. The number of anilines is 1. The van der Waals surface area contributed by atoms with Crippen molar-refractivity contribution in [2.24, 2.45) is 0 Å². The van der Waals surface area contributed by atoms with E-state index in [4.69, 9.17) is 24.3 Å². The first-order chi connectivity index (χ1) is 15.9. The lowest BCUT2D eigenvalue weighted by atomic mass is 10.2. The number of aromatic nitrogens is 4. The van der Waals surface area contributed by atoms with Gasteiger partial charge in [-0.1, -0.05) is 18.2 Å². The van der Waals surface area contributed by atoms with Gasteiger partial charge in [-0.3, -0.25) is 9.32 Å². The summed E-state index contributed by atoms with van der Waals surface area (Å²) in [7, 11) is -2.68. The Balaban J connectivity index is 1.43. The summed E-state index contributed by atoms with van der Waals surface area (Å²) >= 11 is 0. The smallest absolute Gasteiger partial charge is 0.459 e. The molecule has 3 aromatic rings. The lowest BCUT2D eigenvalue weighted by Gasteiger charge is -2.23. The zero-order valence-corrected chi connectivity index (χ0v) is 19.1. The zero-order chi connectivity index (χ0) is 23.4. The Morgan fingerprint density at radius 3 is 2.88 bits per heavy atom. The summed E-state index contributed by atoms with van der Waals surface area (Å²) in [5.74, 6) is 0.0426. The lowest BCUT2D eigenvalue weighted by molar-refractivity contribution is -0.142. The van der Waals surface area contributed by atoms with Crippen molar-refractivity contribution in [2.75, 3.05) is 26.1 Å². The second kappa shape index (κ2) is 9.84. The van der Waals surface area contributed by atoms with E-state index in [1.54, 1.807) is 36.7 Å². The SMILES string of the molecule is COC(=O)[C@H](C)NP(=O)(OC[C@H]1C[C@@H](n2cnc3c(N)ncnc32)CO1)Oc1ccccc1. The summed E-state index contributed by atoms with van der Waals surface area (Å²) in [6, 6.07) is 7.58. The van der Waals surface area contributed by atoms with E-state index in [0.29, 0.717) is 35.8 Å². The molecule has 4 rings (SSSR count). The molecule has 1 fully saturated rings. The van der Waals surface area contributed by atoms with Crippen LogP contribution in [0.2, 0.25) is 0 Å². The van der Waals surface area contributed by atoms with Crippen LogP contribution in [0.1, 0.15) is 19.4 Å². The number of imidazole rings is 1. The van der Waals surface area contributed by atoms with Gasteiger partial charge in [0.05, 0.1) is 38.8 Å². The highest BCUT2D eigenvalue weighted by Gasteiger charge is 2.35. The van der Waals surface area contributed by atoms with Crippen LogP contribution < -0.4 is 15.3 Å². The minimum atomic E-state index is -3.93. The largest absolute Gasteiger partial charge is 0.468 e. The van der Waals surface area contributed by atoms with Crippen LogP contribution in [-0.2, 0) is 23.4 Å². The van der Waals surface area contributed by atoms with E-state index in [1.807, 2.05) is 4.57 Å². The fourth-order valence-electron chi connectivity index (χ4n) is 3.49. The third kappa shape index (κ3) is 5.31. The van der Waals surface area contributed by atoms with Crippen LogP contribution in [0.4, 0.5) is 5.82 Å². The van der Waals surface area contributed by atoms with Crippen LogP contribution in [-0.4, -0.2) is 58.0 Å². The van der Waals surface area contributed by atoms with Crippen LogP contribution in [0.15, 0.2) is 43.0 Å². The topological polar surface area (TPSA) is 153 Å². The summed E-state index contributed by atoms with van der Waals surface area (Å²) in [5.41, 5.74) is 7.00. The first kappa shape index (κ1) is 23.1. The van der Waals surface area contributed by atoms with E-state index in [0.717, 1.165) is 0 Å². The first-order valence-electron chi connectivity index (χ1n) is 10.3. The number of rotatable bonds is 9. The summed E-state index contributed by atoms with van der Waals surface area (Å²) in [5, 5.41) is 2.62. The normalized spacial score (nSPS) is 20.9. The van der Waals surface area contributed by atoms with Crippen LogP contribution >= 0.6 is 7.75 Å². The Hall–Kier alpha value is -3.05. The maximum absolute atomic E-state index is 13.4. The Bertz CT molecular complexity index is 1160. The third-order valence-corrected chi connectivity index (χ3v) is 6.79. The molecule has 0 aliphatic carbocycles. The monoisotopic (exact) mass is 476 g/mol. The van der Waals surface area contributed by atoms with Gasteiger partial charge < -0.3 is 24.3 Å². The number of methoxy groups -OCH3 is 1. The quantitative estimate of drug-likeness (QED) is 0.345. The standard InChI is InChI=1S/C20H25N6O6P/c1-13(20(27)29-2)25-33(28,32-15-6-4-3-5-7-15)31-10-16-8-14(9-30-16)26-12-24-17-18(21)22-11-23-19(17)26/h3-7,11-14,16H,8-10H2,1-2H3,(H,25,28)(H2,21,22,23)/t13-,14+,16+,33?/m0/s1. The molecule has 1 unspecified atom stereocenters. The van der Waals surface area contributed by atoms with E-state index < -0.39 is 19.8 Å². The van der Waals surface area contributed by atoms with Crippen molar-refractivity contribution in [3.8, 4) is 5.75 Å². The summed E-state index contributed by atoms with van der Waals surface area (Å²) in [6.07, 6.45) is 3.23. The van der Waals surface area contributed by atoms with Gasteiger partial charge in [0.2, 0.25) is 0 Å². The van der Waals surface area contributed by atoms with Gasteiger partial charge in [0.25, 0.3) is 0 Å². The molecule has 13 heteroatoms. The number of hydrogen-bond donors (Lipinski definition) is 2. The summed E-state index contributed by atoms with van der Waals surface area (Å²) < 4.78 is 37.1. The molecule has 0 spiro atoms. The fourth-order valence-corrected chi connectivity index (χ4v) is 5.01. The Morgan fingerprint density at radius 2 is 2.12 bits per heavy atom. The average Bonchev–Trinajstić information content (AvgIpc) is 3.45. The number of esters is 1. The van der Waals surface area contributed by atoms with E-state index in [-0.39, 0.29) is 18.8 Å². The molecular weight excluding hydrogens is 451 g/mol. The van der Waals surface area contributed by atoms with Gasteiger partial charge in [-0.15, -0.1) is 0 Å². The van der Waals surface area contributed by atoms with Crippen LogP contribution in [0.25, 0.3) is 11.2 Å². The predicted molar refractivity (Wildman–Crippen MR) is 118 cm³/mol. The molecular formula is C20H25N6O6P. The second-order valence-electron chi connectivity index (χ2n) is 7.50. The summed E-state index contributed by atoms with van der Waals surface area (Å²) in [6.45, 7) is 1.88. The van der Waals surface area contributed by atoms with Crippen molar-refractivity contribution in [2.45, 2.75) is 31.5 Å². The number of carbonyl (C=O) groups excluding carboxylic acids is 1. The van der Waals surface area contributed by atoms with Gasteiger partial charge in [-0.2, -0.15) is 5.09 Å². The van der Waals surface area contributed by atoms with Crippen molar-refractivity contribution in [1.29, 1.82) is 0 Å². The van der Waals surface area contributed by atoms with Gasteiger partial charge in [-0.25, -0.2) is 19.5 Å². The number of nitrogens with two attached hydrogens (primary N) is 1. The molecule has 2 aromatic heterocycles. The van der Waals surface area contributed by atoms with Gasteiger partial charge in [-0.05, 0) is 25.5 Å². The number of benzene rings is 1. The van der Waals surface area contributed by atoms with Gasteiger partial charge in [0.1, 0.15) is 23.6 Å². The molecule has 1 saturated heterocycles. The van der Waals surface area contributed by atoms with Crippen molar-refractivity contribution >= 4 is 30.7 Å². The number of nitrogen functional groups attached to an aromatic ring is 1. The van der Waals surface area contributed by atoms with Crippen molar-refractivity contribution in [3.05, 3.63) is 43.0 Å². The zero-order valence-electron chi connectivity index (χ0n) is 18.2. The number of fused-ring (bicyclic) bond motifs is 1. The highest BCUT2D eigenvalue weighted by molar-refractivity contribution is 7.52. The van der Waals surface area contributed by atoms with Gasteiger partial charge >= 0.3 is 13.7 Å². The molecule has 3 N–H and O–H groups in total. The maximum atomic E-state index is 13.4. The molecule has 33 heavy (non-hydrogen) atoms. The van der Waals surface area contributed by atoms with Crippen LogP contribution in [0, 0.1) is 0 Å². The molecule has 1 aliphatic heterocycles. The van der Waals surface area contributed by atoms with E-state index in [9.17, 15) is 9.36 Å². The van der Waals surface area contributed by atoms with Crippen LogP contribution in [0.5, 0.6) is 5.75 Å². The summed E-state index contributed by atoms with van der Waals surface area (Å²) in [4.78, 5) is 24.3. The van der Waals surface area contributed by atoms with Crippen molar-refractivity contribution in [1.82, 2.24) is 24.6 Å². The molecule has 176 valence electrons. The van der Waals surface area contributed by atoms with E-state index >= 15 is 0 Å². The van der Waals surface area contributed by atoms with Crippen molar-refractivity contribution in [3.63, 3.8) is 0 Å². The predicted octanol–water partition coefficient (Wildman–Crippen LogP) is 2.09. The van der Waals surface area contributed by atoms with Gasteiger partial charge in [0.15, 0.2) is 11.5 Å². The highest BCUT2D eigenvalue weighted by Crippen LogP contribution is 2.45. The molecule has 0 radical (unpaired) electrons.